The summed E-state index contributed by atoms with van der Waals surface area (Å²) in [7, 11) is 0. The van der Waals surface area contributed by atoms with Gasteiger partial charge >= 0.3 is 0 Å². The third-order valence-corrected chi connectivity index (χ3v) is 4.03. The minimum atomic E-state index is 0.600. The van der Waals surface area contributed by atoms with E-state index in [-0.39, 0.29) is 0 Å². The fourth-order valence-corrected chi connectivity index (χ4v) is 2.87. The largest absolute Gasteiger partial charge is 0.324 e. The predicted molar refractivity (Wildman–Crippen MR) is 72.4 cm³/mol. The molecule has 92 valence electrons. The topological polar surface area (TPSA) is 81.6 Å². The molecule has 0 bridgehead atoms. The number of thiophene rings is 1. The first-order valence-corrected chi connectivity index (χ1v) is 6.86. The molecule has 3 heterocycles. The van der Waals surface area contributed by atoms with Gasteiger partial charge in [0, 0.05) is 23.9 Å². The fourth-order valence-electron chi connectivity index (χ4n) is 1.65. The zero-order chi connectivity index (χ0) is 12.4. The molecule has 0 spiro atoms. The average Bonchev–Trinajstić information content (AvgIpc) is 3.09. The van der Waals surface area contributed by atoms with Crippen molar-refractivity contribution in [1.82, 2.24) is 19.1 Å². The molecule has 8 heteroatoms. The zero-order valence-electron chi connectivity index (χ0n) is 9.28. The number of imidazole rings is 1. The van der Waals surface area contributed by atoms with Gasteiger partial charge in [0.2, 0.25) is 0 Å². The summed E-state index contributed by atoms with van der Waals surface area (Å²) in [5, 5.41) is 6.88. The first-order valence-electron chi connectivity index (χ1n) is 5.21. The van der Waals surface area contributed by atoms with E-state index in [0.29, 0.717) is 6.54 Å². The molecule has 0 saturated carbocycles. The number of hydrogen-bond donors (Lipinski definition) is 2. The van der Waals surface area contributed by atoms with E-state index >= 15 is 0 Å². The van der Waals surface area contributed by atoms with Crippen LogP contribution < -0.4 is 11.3 Å². The average molecular weight is 278 g/mol. The van der Waals surface area contributed by atoms with Crippen LogP contribution in [0, 0.1) is 0 Å². The Labute approximate surface area is 111 Å². The van der Waals surface area contributed by atoms with Crippen LogP contribution in [-0.4, -0.2) is 19.1 Å². The number of aromatic nitrogens is 4. The Bertz CT molecular complexity index is 626. The van der Waals surface area contributed by atoms with Gasteiger partial charge in [-0.2, -0.15) is 0 Å². The molecule has 0 aliphatic rings. The number of nitrogens with two attached hydrogens (primary N) is 1. The number of hydrazine groups is 1. The lowest BCUT2D eigenvalue weighted by molar-refractivity contribution is 0.778. The molecular weight excluding hydrogens is 268 g/mol. The van der Waals surface area contributed by atoms with Gasteiger partial charge in [0.15, 0.2) is 0 Å². The molecule has 0 fully saturated rings. The Morgan fingerprint density at radius 3 is 3.17 bits per heavy atom. The van der Waals surface area contributed by atoms with E-state index in [1.807, 2.05) is 28.3 Å². The monoisotopic (exact) mass is 278 g/mol. The molecule has 18 heavy (non-hydrogen) atoms. The standard InChI is InChI=1S/C10H10N6S2/c11-13-10-7(14-15-18-10)6-16-4-3-12-9(16)8-2-1-5-17-8/h1-5,13H,6,11H2. The zero-order valence-corrected chi connectivity index (χ0v) is 10.9. The van der Waals surface area contributed by atoms with Crippen LogP contribution in [0.5, 0.6) is 0 Å². The van der Waals surface area contributed by atoms with E-state index in [4.69, 9.17) is 5.84 Å². The number of nitrogens with zero attached hydrogens (tertiary/aromatic N) is 4. The van der Waals surface area contributed by atoms with Gasteiger partial charge in [-0.25, -0.2) is 10.8 Å². The van der Waals surface area contributed by atoms with Crippen molar-refractivity contribution in [1.29, 1.82) is 0 Å². The maximum Gasteiger partial charge on any atom is 0.150 e. The highest BCUT2D eigenvalue weighted by molar-refractivity contribution is 7.13. The Morgan fingerprint density at radius 2 is 2.39 bits per heavy atom. The van der Waals surface area contributed by atoms with Crippen molar-refractivity contribution in [2.45, 2.75) is 6.54 Å². The van der Waals surface area contributed by atoms with Crippen molar-refractivity contribution in [3.05, 3.63) is 35.6 Å². The van der Waals surface area contributed by atoms with E-state index in [2.05, 4.69) is 20.0 Å². The van der Waals surface area contributed by atoms with Gasteiger partial charge in [-0.05, 0) is 11.4 Å². The van der Waals surface area contributed by atoms with Crippen LogP contribution >= 0.6 is 22.9 Å². The molecule has 6 nitrogen and oxygen atoms in total. The van der Waals surface area contributed by atoms with Crippen molar-refractivity contribution in [3.63, 3.8) is 0 Å². The highest BCUT2D eigenvalue weighted by Crippen LogP contribution is 2.25. The molecule has 0 unspecified atom stereocenters. The van der Waals surface area contributed by atoms with E-state index in [9.17, 15) is 0 Å². The molecule has 0 aliphatic carbocycles. The number of hydrogen-bond acceptors (Lipinski definition) is 7. The highest BCUT2D eigenvalue weighted by atomic mass is 32.1. The second kappa shape index (κ2) is 4.84. The first kappa shape index (κ1) is 11.3. The summed E-state index contributed by atoms with van der Waals surface area (Å²) < 4.78 is 5.92. The minimum Gasteiger partial charge on any atom is -0.324 e. The van der Waals surface area contributed by atoms with Crippen molar-refractivity contribution in [3.8, 4) is 10.7 Å². The molecule has 0 aliphatic heterocycles. The molecule has 3 N–H and O–H groups in total. The van der Waals surface area contributed by atoms with Crippen molar-refractivity contribution in [2.75, 3.05) is 5.43 Å². The highest BCUT2D eigenvalue weighted by Gasteiger charge is 2.11. The molecule has 3 aromatic rings. The van der Waals surface area contributed by atoms with Gasteiger partial charge in [0.1, 0.15) is 16.5 Å². The Hall–Kier alpha value is -1.77. The van der Waals surface area contributed by atoms with E-state index in [1.54, 1.807) is 17.5 Å². The van der Waals surface area contributed by atoms with Crippen LogP contribution in [0.2, 0.25) is 0 Å². The summed E-state index contributed by atoms with van der Waals surface area (Å²) >= 11 is 2.91. The van der Waals surface area contributed by atoms with Gasteiger partial charge in [-0.1, -0.05) is 10.6 Å². The number of anilines is 1. The van der Waals surface area contributed by atoms with Gasteiger partial charge in [-0.15, -0.1) is 16.4 Å². The molecule has 3 aromatic heterocycles. The smallest absolute Gasteiger partial charge is 0.150 e. The van der Waals surface area contributed by atoms with Crippen LogP contribution in [-0.2, 0) is 6.54 Å². The molecule has 0 amide bonds. The van der Waals surface area contributed by atoms with E-state index < -0.39 is 0 Å². The summed E-state index contributed by atoms with van der Waals surface area (Å²) in [6.07, 6.45) is 3.71. The molecule has 3 rings (SSSR count). The van der Waals surface area contributed by atoms with Gasteiger partial charge in [0.25, 0.3) is 0 Å². The number of nitrogen functional groups attached to an aromatic ring is 1. The van der Waals surface area contributed by atoms with Crippen LogP contribution in [0.1, 0.15) is 5.69 Å². The van der Waals surface area contributed by atoms with Gasteiger partial charge in [0.05, 0.1) is 11.4 Å². The Morgan fingerprint density at radius 1 is 1.44 bits per heavy atom. The summed E-state index contributed by atoms with van der Waals surface area (Å²) in [6, 6.07) is 4.06. The summed E-state index contributed by atoms with van der Waals surface area (Å²) in [6.45, 7) is 0.600. The number of rotatable bonds is 4. The summed E-state index contributed by atoms with van der Waals surface area (Å²) in [5.41, 5.74) is 3.42. The third-order valence-electron chi connectivity index (χ3n) is 2.46. The second-order valence-electron chi connectivity index (χ2n) is 3.55. The van der Waals surface area contributed by atoms with Crippen LogP contribution in [0.4, 0.5) is 5.00 Å². The van der Waals surface area contributed by atoms with E-state index in [1.165, 1.54) is 11.5 Å². The maximum atomic E-state index is 5.41. The Balaban J connectivity index is 1.92. The van der Waals surface area contributed by atoms with E-state index in [0.717, 1.165) is 21.4 Å². The number of nitrogens with one attached hydrogen (secondary N) is 1. The van der Waals surface area contributed by atoms with Crippen molar-refractivity contribution < 1.29 is 0 Å². The summed E-state index contributed by atoms with van der Waals surface area (Å²) in [4.78, 5) is 5.50. The maximum absolute atomic E-state index is 5.41. The third kappa shape index (κ3) is 2.01. The van der Waals surface area contributed by atoms with Crippen molar-refractivity contribution >= 4 is 27.9 Å². The van der Waals surface area contributed by atoms with Crippen molar-refractivity contribution in [2.24, 2.45) is 5.84 Å². The lowest BCUT2D eigenvalue weighted by Crippen LogP contribution is -2.09. The minimum absolute atomic E-state index is 0.600. The normalized spacial score (nSPS) is 10.7. The van der Waals surface area contributed by atoms with Gasteiger partial charge in [-0.3, -0.25) is 0 Å². The van der Waals surface area contributed by atoms with Gasteiger partial charge < -0.3 is 9.99 Å². The summed E-state index contributed by atoms with van der Waals surface area (Å²) in [5.74, 6) is 6.35. The predicted octanol–water partition coefficient (Wildman–Crippen LogP) is 1.80. The fraction of sp³-hybridized carbons (Fsp3) is 0.100. The first-order chi connectivity index (χ1) is 8.88. The lowest BCUT2D eigenvalue weighted by Gasteiger charge is -2.05. The SMILES string of the molecule is NNc1snnc1Cn1ccnc1-c1cccs1. The molecule has 0 aromatic carbocycles. The van der Waals surface area contributed by atoms with Crippen LogP contribution in [0.25, 0.3) is 10.7 Å². The van der Waals surface area contributed by atoms with Crippen LogP contribution in [0.3, 0.4) is 0 Å². The Kier molecular flexibility index (Phi) is 3.05. The quantitative estimate of drug-likeness (QED) is 0.562. The van der Waals surface area contributed by atoms with Crippen LogP contribution in [0.15, 0.2) is 29.9 Å². The molecule has 0 saturated heterocycles. The lowest BCUT2D eigenvalue weighted by atomic mass is 10.4. The second-order valence-corrected chi connectivity index (χ2v) is 5.25. The molecule has 0 atom stereocenters. The molecule has 0 radical (unpaired) electrons. The molecular formula is C10H10N6S2.